The fourth-order valence-corrected chi connectivity index (χ4v) is 4.07. The first-order valence-corrected chi connectivity index (χ1v) is 5.90. The first kappa shape index (κ1) is 8.54. The lowest BCUT2D eigenvalue weighted by atomic mass is 9.82. The smallest absolute Gasteiger partial charge is 0.152 e. The number of benzene rings is 1. The molecule has 0 radical (unpaired) electrons. The van der Waals surface area contributed by atoms with Gasteiger partial charge in [-0.05, 0) is 31.4 Å². The number of rotatable bonds is 2. The lowest BCUT2D eigenvalue weighted by Gasteiger charge is -2.35. The van der Waals surface area contributed by atoms with Gasteiger partial charge in [0.25, 0.3) is 0 Å². The fraction of sp³-hybridized carbons (Fsp3) is 0.417. The zero-order valence-corrected chi connectivity index (χ0v) is 8.72. The molecule has 2 atom stereocenters. The van der Waals surface area contributed by atoms with E-state index in [0.717, 1.165) is 19.3 Å². The molecule has 3 fully saturated rings. The van der Waals surface area contributed by atoms with Gasteiger partial charge in [-0.25, -0.2) is 0 Å². The van der Waals surface area contributed by atoms with Gasteiger partial charge in [-0.1, -0.05) is 18.2 Å². The van der Waals surface area contributed by atoms with E-state index < -0.39 is 0 Å². The molecule has 3 aliphatic rings. The summed E-state index contributed by atoms with van der Waals surface area (Å²) in [4.78, 5) is 13.0. The van der Waals surface area contributed by atoms with Crippen molar-refractivity contribution >= 4 is 17.5 Å². The maximum Gasteiger partial charge on any atom is 0.152 e. The van der Waals surface area contributed by atoms with Crippen molar-refractivity contribution in [2.45, 2.75) is 28.9 Å². The standard InChI is InChI=1S/C12H12OS/c13-11-9-6-7-12(11,8-9)14-10-4-2-1-3-5-10/h1-5,9H,6-8H2. The van der Waals surface area contributed by atoms with Crippen LogP contribution in [0.25, 0.3) is 0 Å². The summed E-state index contributed by atoms with van der Waals surface area (Å²) in [6.07, 6.45) is 3.33. The number of fused-ring (bicyclic) bond motifs is 1. The van der Waals surface area contributed by atoms with Gasteiger partial charge in [-0.15, -0.1) is 11.8 Å². The Morgan fingerprint density at radius 1 is 1.29 bits per heavy atom. The Balaban J connectivity index is 1.83. The van der Waals surface area contributed by atoms with Gasteiger partial charge < -0.3 is 0 Å². The zero-order valence-electron chi connectivity index (χ0n) is 7.90. The van der Waals surface area contributed by atoms with Crippen LogP contribution in [-0.4, -0.2) is 10.5 Å². The lowest BCUT2D eigenvalue weighted by molar-refractivity contribution is -0.128. The first-order valence-electron chi connectivity index (χ1n) is 5.09. The summed E-state index contributed by atoms with van der Waals surface area (Å²) in [6, 6.07) is 10.3. The van der Waals surface area contributed by atoms with Gasteiger partial charge in [-0.3, -0.25) is 4.79 Å². The van der Waals surface area contributed by atoms with E-state index in [1.807, 2.05) is 18.2 Å². The molecule has 0 aliphatic heterocycles. The minimum Gasteiger partial charge on any atom is -0.298 e. The number of Topliss-reactive ketones (excluding diaryl/α,β-unsaturated/α-hetero) is 1. The summed E-state index contributed by atoms with van der Waals surface area (Å²) in [6.45, 7) is 0. The molecule has 1 aromatic carbocycles. The first-order chi connectivity index (χ1) is 6.80. The van der Waals surface area contributed by atoms with Crippen molar-refractivity contribution in [1.82, 2.24) is 0 Å². The predicted molar refractivity (Wildman–Crippen MR) is 57.4 cm³/mol. The van der Waals surface area contributed by atoms with Crippen molar-refractivity contribution in [1.29, 1.82) is 0 Å². The number of hydrogen-bond acceptors (Lipinski definition) is 2. The fourth-order valence-electron chi connectivity index (χ4n) is 2.56. The van der Waals surface area contributed by atoms with E-state index >= 15 is 0 Å². The Morgan fingerprint density at radius 3 is 2.64 bits per heavy atom. The van der Waals surface area contributed by atoms with E-state index in [1.54, 1.807) is 11.8 Å². The Labute approximate surface area is 87.9 Å². The summed E-state index contributed by atoms with van der Waals surface area (Å²) in [5.41, 5.74) is 0. The van der Waals surface area contributed by atoms with Crippen LogP contribution in [0.2, 0.25) is 0 Å². The van der Waals surface area contributed by atoms with Gasteiger partial charge in [-0.2, -0.15) is 0 Å². The molecule has 0 N–H and O–H groups in total. The van der Waals surface area contributed by atoms with Crippen LogP contribution in [0, 0.1) is 5.92 Å². The molecule has 3 saturated carbocycles. The molecule has 2 heteroatoms. The van der Waals surface area contributed by atoms with Crippen molar-refractivity contribution in [3.63, 3.8) is 0 Å². The van der Waals surface area contributed by atoms with Crippen LogP contribution in [0.4, 0.5) is 0 Å². The summed E-state index contributed by atoms with van der Waals surface area (Å²) < 4.78 is -0.0218. The monoisotopic (exact) mass is 204 g/mol. The lowest BCUT2D eigenvalue weighted by Crippen LogP contribution is -2.44. The summed E-state index contributed by atoms with van der Waals surface area (Å²) >= 11 is 1.78. The zero-order chi connectivity index (χ0) is 9.60. The number of carbonyl (C=O) groups is 1. The van der Waals surface area contributed by atoms with E-state index in [9.17, 15) is 4.79 Å². The van der Waals surface area contributed by atoms with Crippen molar-refractivity contribution in [2.24, 2.45) is 5.92 Å². The molecule has 3 aliphatic carbocycles. The molecular weight excluding hydrogens is 192 g/mol. The summed E-state index contributed by atoms with van der Waals surface area (Å²) in [5, 5.41) is 0. The number of carbonyl (C=O) groups excluding carboxylic acids is 1. The topological polar surface area (TPSA) is 17.1 Å². The van der Waals surface area contributed by atoms with E-state index in [-0.39, 0.29) is 4.75 Å². The highest BCUT2D eigenvalue weighted by Gasteiger charge is 2.59. The second-order valence-electron chi connectivity index (χ2n) is 4.21. The largest absolute Gasteiger partial charge is 0.298 e. The molecule has 0 heterocycles. The predicted octanol–water partition coefficient (Wildman–Crippen LogP) is 2.90. The summed E-state index contributed by atoms with van der Waals surface area (Å²) in [7, 11) is 0. The second-order valence-corrected chi connectivity index (χ2v) is 5.67. The van der Waals surface area contributed by atoms with Crippen molar-refractivity contribution < 1.29 is 4.79 Å². The molecule has 2 unspecified atom stereocenters. The van der Waals surface area contributed by atoms with Crippen molar-refractivity contribution in [3.05, 3.63) is 30.3 Å². The van der Waals surface area contributed by atoms with Crippen LogP contribution < -0.4 is 0 Å². The van der Waals surface area contributed by atoms with Crippen molar-refractivity contribution in [2.75, 3.05) is 0 Å². The molecule has 0 saturated heterocycles. The van der Waals surface area contributed by atoms with Crippen LogP contribution in [0.3, 0.4) is 0 Å². The third-order valence-electron chi connectivity index (χ3n) is 3.35. The van der Waals surface area contributed by atoms with Crippen LogP contribution in [-0.2, 0) is 4.79 Å². The van der Waals surface area contributed by atoms with Gasteiger partial charge in [0.1, 0.15) is 0 Å². The van der Waals surface area contributed by atoms with E-state index in [0.29, 0.717) is 11.7 Å². The number of hydrogen-bond donors (Lipinski definition) is 0. The molecular formula is C12H12OS. The molecule has 72 valence electrons. The molecule has 0 amide bonds. The normalized spacial score (nSPS) is 34.3. The third kappa shape index (κ3) is 1.07. The van der Waals surface area contributed by atoms with Crippen LogP contribution >= 0.6 is 11.8 Å². The van der Waals surface area contributed by atoms with Gasteiger partial charge in [0.15, 0.2) is 5.78 Å². The second kappa shape index (κ2) is 2.86. The minimum atomic E-state index is -0.0218. The Hall–Kier alpha value is -0.760. The quantitative estimate of drug-likeness (QED) is 0.736. The maximum atomic E-state index is 11.7. The van der Waals surface area contributed by atoms with Gasteiger partial charge >= 0.3 is 0 Å². The Morgan fingerprint density at radius 2 is 2.07 bits per heavy atom. The SMILES string of the molecule is O=C1C2CCC1(Sc1ccccc1)C2. The average Bonchev–Trinajstić information content (AvgIpc) is 2.76. The average molecular weight is 204 g/mol. The molecule has 2 bridgehead atoms. The molecule has 1 aromatic rings. The van der Waals surface area contributed by atoms with Gasteiger partial charge in [0, 0.05) is 10.8 Å². The minimum absolute atomic E-state index is 0.0218. The highest BCUT2D eigenvalue weighted by molar-refractivity contribution is 8.01. The van der Waals surface area contributed by atoms with Crippen LogP contribution in [0.15, 0.2) is 35.2 Å². The third-order valence-corrected chi connectivity index (χ3v) is 4.82. The van der Waals surface area contributed by atoms with Crippen molar-refractivity contribution in [3.8, 4) is 0 Å². The Bertz CT molecular complexity index is 369. The van der Waals surface area contributed by atoms with E-state index in [1.165, 1.54) is 4.90 Å². The highest BCUT2D eigenvalue weighted by atomic mass is 32.2. The number of thioether (sulfide) groups is 1. The van der Waals surface area contributed by atoms with Gasteiger partial charge in [0.05, 0.1) is 4.75 Å². The molecule has 0 spiro atoms. The highest BCUT2D eigenvalue weighted by Crippen LogP contribution is 2.58. The van der Waals surface area contributed by atoms with E-state index in [4.69, 9.17) is 0 Å². The molecule has 4 rings (SSSR count). The van der Waals surface area contributed by atoms with E-state index in [2.05, 4.69) is 12.1 Å². The summed E-state index contributed by atoms with van der Waals surface area (Å²) in [5.74, 6) is 0.914. The molecule has 14 heavy (non-hydrogen) atoms. The van der Waals surface area contributed by atoms with Gasteiger partial charge in [0.2, 0.25) is 0 Å². The van der Waals surface area contributed by atoms with Crippen LogP contribution in [0.5, 0.6) is 0 Å². The Kier molecular flexibility index (Phi) is 1.75. The molecule has 1 nitrogen and oxygen atoms in total. The molecule has 0 aromatic heterocycles. The maximum absolute atomic E-state index is 11.7. The number of ketones is 1. The van der Waals surface area contributed by atoms with Crippen LogP contribution in [0.1, 0.15) is 19.3 Å².